The van der Waals surface area contributed by atoms with Crippen LogP contribution in [-0.4, -0.2) is 53.2 Å². The fraction of sp³-hybridized carbons (Fsp3) is 0.522. The highest BCUT2D eigenvalue weighted by Crippen LogP contribution is 2.09. The van der Waals surface area contributed by atoms with Crippen LogP contribution in [-0.2, 0) is 30.4 Å². The molecule has 0 aromatic heterocycles. The van der Waals surface area contributed by atoms with Crippen molar-refractivity contribution in [3.05, 3.63) is 35.9 Å². The smallest absolute Gasteiger partial charge is 0.322 e. The molecule has 0 bridgehead atoms. The average molecular weight is 448 g/mol. The Bertz CT molecular complexity index is 807. The number of carbonyl (C=O) groups excluding carboxylic acids is 4. The van der Waals surface area contributed by atoms with Crippen molar-refractivity contribution in [2.75, 3.05) is 6.54 Å². The van der Waals surface area contributed by atoms with Gasteiger partial charge in [-0.1, -0.05) is 58.0 Å². The van der Waals surface area contributed by atoms with Gasteiger partial charge in [0.15, 0.2) is 0 Å². The summed E-state index contributed by atoms with van der Waals surface area (Å²) < 4.78 is 0. The predicted octanol–water partition coefficient (Wildman–Crippen LogP) is 1.06. The second kappa shape index (κ2) is 13.2. The summed E-state index contributed by atoms with van der Waals surface area (Å²) in [6.07, 6.45) is 0.462. The average Bonchev–Trinajstić information content (AvgIpc) is 2.70. The molecule has 0 aliphatic heterocycles. The molecule has 176 valence electrons. The van der Waals surface area contributed by atoms with Gasteiger partial charge >= 0.3 is 5.97 Å². The van der Waals surface area contributed by atoms with Gasteiger partial charge in [0.05, 0.1) is 0 Å². The monoisotopic (exact) mass is 447 g/mol. The van der Waals surface area contributed by atoms with Crippen molar-refractivity contribution in [1.82, 2.24) is 16.0 Å². The minimum atomic E-state index is -1.20. The standard InChI is InChI=1S/C23H33N3O6/c1-14(2)10-17(21(30)24-13-20(28)29)25-22(31)18(11-15(3)4)26-23(32)19(27)12-16-8-6-5-7-9-16/h5-9,14-15,17-18H,10-13H2,1-4H3,(H,24,30)(H,25,31)(H,26,32)(H,28,29)/t17-,18+/m0/s1. The maximum atomic E-state index is 12.9. The van der Waals surface area contributed by atoms with E-state index < -0.39 is 48.1 Å². The first kappa shape index (κ1) is 26.8. The molecule has 0 spiro atoms. The Balaban J connectivity index is 2.87. The summed E-state index contributed by atoms with van der Waals surface area (Å²) in [5.74, 6) is -3.89. The molecule has 1 rings (SSSR count). The molecular weight excluding hydrogens is 414 g/mol. The largest absolute Gasteiger partial charge is 0.480 e. The van der Waals surface area contributed by atoms with Crippen LogP contribution >= 0.6 is 0 Å². The van der Waals surface area contributed by atoms with Crippen LogP contribution in [0.15, 0.2) is 30.3 Å². The summed E-state index contributed by atoms with van der Waals surface area (Å²) in [4.78, 5) is 60.7. The Morgan fingerprint density at radius 2 is 1.34 bits per heavy atom. The van der Waals surface area contributed by atoms with E-state index in [4.69, 9.17) is 5.11 Å². The van der Waals surface area contributed by atoms with Crippen LogP contribution in [0.3, 0.4) is 0 Å². The van der Waals surface area contributed by atoms with E-state index >= 15 is 0 Å². The zero-order chi connectivity index (χ0) is 24.3. The molecular formula is C23H33N3O6. The van der Waals surface area contributed by atoms with Crippen LogP contribution in [0, 0.1) is 11.8 Å². The fourth-order valence-electron chi connectivity index (χ4n) is 3.06. The van der Waals surface area contributed by atoms with E-state index in [0.717, 1.165) is 0 Å². The summed E-state index contributed by atoms with van der Waals surface area (Å²) in [6.45, 7) is 6.88. The van der Waals surface area contributed by atoms with Gasteiger partial charge in [0.25, 0.3) is 5.91 Å². The van der Waals surface area contributed by atoms with E-state index in [1.807, 2.05) is 27.7 Å². The molecule has 9 heteroatoms. The Kier molecular flexibility index (Phi) is 11.1. The Hall–Kier alpha value is -3.23. The highest BCUT2D eigenvalue weighted by atomic mass is 16.4. The number of carboxylic acid groups (broad SMARTS) is 1. The Morgan fingerprint density at radius 3 is 1.84 bits per heavy atom. The lowest BCUT2D eigenvalue weighted by Crippen LogP contribution is -2.55. The molecule has 0 fully saturated rings. The minimum absolute atomic E-state index is 0.0275. The third-order valence-electron chi connectivity index (χ3n) is 4.54. The van der Waals surface area contributed by atoms with E-state index in [0.29, 0.717) is 5.56 Å². The van der Waals surface area contributed by atoms with Gasteiger partial charge in [-0.3, -0.25) is 24.0 Å². The van der Waals surface area contributed by atoms with E-state index in [9.17, 15) is 24.0 Å². The summed E-state index contributed by atoms with van der Waals surface area (Å²) in [7, 11) is 0. The number of benzene rings is 1. The number of nitrogens with one attached hydrogen (secondary N) is 3. The number of hydrogen-bond donors (Lipinski definition) is 4. The van der Waals surface area contributed by atoms with Crippen LogP contribution in [0.2, 0.25) is 0 Å². The minimum Gasteiger partial charge on any atom is -0.480 e. The molecule has 2 atom stereocenters. The second-order valence-corrected chi connectivity index (χ2v) is 8.54. The number of aliphatic carboxylic acids is 1. The summed E-state index contributed by atoms with van der Waals surface area (Å²) in [5.41, 5.74) is 0.685. The van der Waals surface area contributed by atoms with Gasteiger partial charge in [0, 0.05) is 6.42 Å². The van der Waals surface area contributed by atoms with Gasteiger partial charge in [-0.2, -0.15) is 0 Å². The van der Waals surface area contributed by atoms with Gasteiger partial charge in [0.2, 0.25) is 17.6 Å². The van der Waals surface area contributed by atoms with Crippen molar-refractivity contribution in [3.63, 3.8) is 0 Å². The first-order valence-electron chi connectivity index (χ1n) is 10.7. The summed E-state index contributed by atoms with van der Waals surface area (Å²) in [6, 6.07) is 6.82. The zero-order valence-electron chi connectivity index (χ0n) is 19.0. The molecule has 0 radical (unpaired) electrons. The van der Waals surface area contributed by atoms with E-state index in [1.54, 1.807) is 30.3 Å². The quantitative estimate of drug-likeness (QED) is 0.333. The van der Waals surface area contributed by atoms with Gasteiger partial charge in [-0.25, -0.2) is 0 Å². The Morgan fingerprint density at radius 1 is 0.812 bits per heavy atom. The van der Waals surface area contributed by atoms with Crippen molar-refractivity contribution >= 4 is 29.5 Å². The maximum absolute atomic E-state index is 12.9. The highest BCUT2D eigenvalue weighted by molar-refractivity contribution is 6.37. The molecule has 0 unspecified atom stereocenters. The van der Waals surface area contributed by atoms with Gasteiger partial charge in [-0.15, -0.1) is 0 Å². The number of ketones is 1. The highest BCUT2D eigenvalue weighted by Gasteiger charge is 2.29. The number of hydrogen-bond acceptors (Lipinski definition) is 5. The number of carbonyl (C=O) groups is 5. The topological polar surface area (TPSA) is 142 Å². The molecule has 3 amide bonds. The fourth-order valence-corrected chi connectivity index (χ4v) is 3.06. The lowest BCUT2D eigenvalue weighted by Gasteiger charge is -2.24. The normalized spacial score (nSPS) is 12.7. The number of rotatable bonds is 13. The van der Waals surface area contributed by atoms with Crippen molar-refractivity contribution in [3.8, 4) is 0 Å². The lowest BCUT2D eigenvalue weighted by atomic mass is 9.99. The first-order valence-corrected chi connectivity index (χ1v) is 10.7. The molecule has 32 heavy (non-hydrogen) atoms. The number of carboxylic acids is 1. The maximum Gasteiger partial charge on any atom is 0.322 e. The van der Waals surface area contributed by atoms with E-state index in [2.05, 4.69) is 16.0 Å². The third kappa shape index (κ3) is 10.2. The van der Waals surface area contributed by atoms with E-state index in [-0.39, 0.29) is 31.1 Å². The second-order valence-electron chi connectivity index (χ2n) is 8.54. The van der Waals surface area contributed by atoms with Gasteiger partial charge in [0.1, 0.15) is 18.6 Å². The van der Waals surface area contributed by atoms with Crippen molar-refractivity contribution < 1.29 is 29.1 Å². The van der Waals surface area contributed by atoms with Crippen molar-refractivity contribution in [2.24, 2.45) is 11.8 Å². The molecule has 0 heterocycles. The molecule has 0 saturated carbocycles. The van der Waals surface area contributed by atoms with Crippen LogP contribution < -0.4 is 16.0 Å². The Labute approximate surface area is 188 Å². The van der Waals surface area contributed by atoms with Crippen molar-refractivity contribution in [1.29, 1.82) is 0 Å². The molecule has 0 aliphatic carbocycles. The zero-order valence-corrected chi connectivity index (χ0v) is 19.0. The number of amides is 3. The first-order chi connectivity index (χ1) is 15.0. The lowest BCUT2D eigenvalue weighted by molar-refractivity contribution is -0.140. The molecule has 1 aromatic rings. The van der Waals surface area contributed by atoms with Gasteiger partial charge < -0.3 is 21.1 Å². The van der Waals surface area contributed by atoms with Crippen molar-refractivity contribution in [2.45, 2.75) is 59.0 Å². The molecule has 9 nitrogen and oxygen atoms in total. The summed E-state index contributed by atoms with van der Waals surface area (Å²) >= 11 is 0. The molecule has 4 N–H and O–H groups in total. The third-order valence-corrected chi connectivity index (χ3v) is 4.54. The summed E-state index contributed by atoms with van der Waals surface area (Å²) in [5, 5.41) is 16.1. The van der Waals surface area contributed by atoms with Crippen LogP contribution in [0.25, 0.3) is 0 Å². The number of Topliss-reactive ketones (excluding diaryl/α,β-unsaturated/α-hetero) is 1. The predicted molar refractivity (Wildman–Crippen MR) is 119 cm³/mol. The molecule has 0 saturated heterocycles. The van der Waals surface area contributed by atoms with Crippen LogP contribution in [0.5, 0.6) is 0 Å². The molecule has 1 aromatic carbocycles. The molecule has 0 aliphatic rings. The van der Waals surface area contributed by atoms with Crippen LogP contribution in [0.4, 0.5) is 0 Å². The van der Waals surface area contributed by atoms with Crippen LogP contribution in [0.1, 0.15) is 46.1 Å². The van der Waals surface area contributed by atoms with Gasteiger partial charge in [-0.05, 0) is 30.2 Å². The van der Waals surface area contributed by atoms with E-state index in [1.165, 1.54) is 0 Å². The SMILES string of the molecule is CC(C)C[C@H](NC(=O)[C@@H](CC(C)C)NC(=O)C(=O)Cc1ccccc1)C(=O)NCC(=O)O.